The van der Waals surface area contributed by atoms with Gasteiger partial charge < -0.3 is 0 Å². The lowest BCUT2D eigenvalue weighted by molar-refractivity contribution is 0.569. The molecule has 0 radical (unpaired) electrons. The average molecular weight is 406 g/mol. The van der Waals surface area contributed by atoms with Crippen LogP contribution in [-0.2, 0) is 10.0 Å². The maximum Gasteiger partial charge on any atom is 0.243 e. The molecule has 0 amide bonds. The Morgan fingerprint density at radius 2 is 1.90 bits per heavy atom. The lowest BCUT2D eigenvalue weighted by atomic mass is 10.1. The molecule has 1 N–H and O–H groups in total. The smallest absolute Gasteiger partial charge is 0.243 e. The van der Waals surface area contributed by atoms with Crippen LogP contribution in [-0.4, -0.2) is 34.0 Å². The summed E-state index contributed by atoms with van der Waals surface area (Å²) in [4.78, 5) is 13.1. The summed E-state index contributed by atoms with van der Waals surface area (Å²) in [5.74, 6) is 0.252. The first-order valence-corrected chi connectivity index (χ1v) is 10.5. The number of fused-ring (bicyclic) bond motifs is 1. The van der Waals surface area contributed by atoms with Crippen molar-refractivity contribution in [1.29, 1.82) is 5.26 Å². The van der Waals surface area contributed by atoms with E-state index in [4.69, 9.17) is 0 Å². The minimum atomic E-state index is -3.71. The van der Waals surface area contributed by atoms with E-state index in [0.717, 1.165) is 11.4 Å². The molecular formula is C20H18N6O2S. The molecule has 29 heavy (non-hydrogen) atoms. The summed E-state index contributed by atoms with van der Waals surface area (Å²) >= 11 is 0. The van der Waals surface area contributed by atoms with Gasteiger partial charge in [0.05, 0.1) is 18.0 Å². The van der Waals surface area contributed by atoms with Crippen LogP contribution in [0.2, 0.25) is 0 Å². The zero-order chi connectivity index (χ0) is 20.8. The van der Waals surface area contributed by atoms with E-state index in [1.54, 1.807) is 13.8 Å². The summed E-state index contributed by atoms with van der Waals surface area (Å²) in [5.41, 5.74) is 3.18. The monoisotopic (exact) mass is 406 g/mol. The molecule has 1 aliphatic carbocycles. The van der Waals surface area contributed by atoms with Crippen LogP contribution in [0.5, 0.6) is 0 Å². The van der Waals surface area contributed by atoms with Crippen LogP contribution in [0.4, 0.5) is 0 Å². The van der Waals surface area contributed by atoms with Gasteiger partial charge in [-0.15, -0.1) is 0 Å². The number of sulfonamides is 1. The second-order valence-electron chi connectivity index (χ2n) is 6.96. The Labute approximate surface area is 168 Å². The van der Waals surface area contributed by atoms with Crippen molar-refractivity contribution in [1.82, 2.24) is 24.2 Å². The molecular weight excluding hydrogens is 388 g/mol. The second kappa shape index (κ2) is 6.92. The molecule has 0 atom stereocenters. The van der Waals surface area contributed by atoms with Gasteiger partial charge in [-0.3, -0.25) is 4.57 Å². The molecule has 8 nitrogen and oxygen atoms in total. The zero-order valence-electron chi connectivity index (χ0n) is 16.1. The van der Waals surface area contributed by atoms with E-state index >= 15 is 0 Å². The van der Waals surface area contributed by atoms with Crippen LogP contribution in [0.25, 0.3) is 28.2 Å². The van der Waals surface area contributed by atoms with Crippen LogP contribution >= 0.6 is 0 Å². The molecule has 146 valence electrons. The lowest BCUT2D eigenvalue weighted by Crippen LogP contribution is -2.30. The Balaban J connectivity index is 1.91. The summed E-state index contributed by atoms with van der Waals surface area (Å²) in [6.07, 6.45) is 8.19. The molecule has 0 fully saturated rings. The molecule has 3 heterocycles. The third-order valence-corrected chi connectivity index (χ3v) is 6.01. The molecule has 0 saturated heterocycles. The average Bonchev–Trinajstić information content (AvgIpc) is 2.93. The van der Waals surface area contributed by atoms with Gasteiger partial charge in [0.2, 0.25) is 10.0 Å². The third kappa shape index (κ3) is 3.22. The number of nitrogens with zero attached hydrogens (tertiary/aromatic N) is 5. The fourth-order valence-electron chi connectivity index (χ4n) is 3.12. The molecule has 1 aliphatic rings. The minimum absolute atomic E-state index is 0.0344. The summed E-state index contributed by atoms with van der Waals surface area (Å²) in [6.45, 7) is 5.35. The predicted molar refractivity (Wildman–Crippen MR) is 109 cm³/mol. The molecule has 0 saturated carbocycles. The highest BCUT2D eigenvalue weighted by Gasteiger charge is 2.25. The molecule has 3 aromatic heterocycles. The number of aromatic nitrogens is 4. The van der Waals surface area contributed by atoms with Crippen molar-refractivity contribution in [2.45, 2.75) is 31.7 Å². The largest absolute Gasteiger partial charge is 0.290 e. The first kappa shape index (κ1) is 19.0. The quantitative estimate of drug-likeness (QED) is 0.697. The van der Waals surface area contributed by atoms with E-state index in [0.29, 0.717) is 22.3 Å². The first-order chi connectivity index (χ1) is 13.8. The highest BCUT2D eigenvalue weighted by molar-refractivity contribution is 7.89. The van der Waals surface area contributed by atoms with E-state index < -0.39 is 10.0 Å². The molecule has 0 unspecified atom stereocenters. The van der Waals surface area contributed by atoms with Crippen LogP contribution in [0.3, 0.4) is 0 Å². The second-order valence-corrected chi connectivity index (χ2v) is 8.68. The Bertz CT molecular complexity index is 1330. The molecule has 4 rings (SSSR count). The first-order valence-electron chi connectivity index (χ1n) is 8.97. The van der Waals surface area contributed by atoms with Crippen molar-refractivity contribution in [2.24, 2.45) is 0 Å². The van der Waals surface area contributed by atoms with Gasteiger partial charge in [-0.1, -0.05) is 6.08 Å². The van der Waals surface area contributed by atoms with Gasteiger partial charge >= 0.3 is 0 Å². The SMILES string of the molecule is Cc1ccc2c(C#N)c(-c3ncc(S(=O)(=O)NC(C)C)cn3)n(C3=CC=C3)c2n1. The minimum Gasteiger partial charge on any atom is -0.290 e. The van der Waals surface area contributed by atoms with E-state index in [2.05, 4.69) is 25.7 Å². The standard InChI is InChI=1S/C20H18N6O2S/c1-12(2)25-29(27,28)15-10-22-19(23-11-15)18-17(9-21)16-8-7-13(3)24-20(16)26(18)14-5-4-6-14/h4-8,10-12,25H,1-3H3. The summed E-state index contributed by atoms with van der Waals surface area (Å²) in [7, 11) is -3.71. The predicted octanol–water partition coefficient (Wildman–Crippen LogP) is 2.77. The van der Waals surface area contributed by atoms with Crippen molar-refractivity contribution in [2.75, 3.05) is 0 Å². The molecule has 0 aromatic carbocycles. The summed E-state index contributed by atoms with van der Waals surface area (Å²) < 4.78 is 29.0. The van der Waals surface area contributed by atoms with Crippen molar-refractivity contribution >= 4 is 26.8 Å². The van der Waals surface area contributed by atoms with Crippen LogP contribution in [0.1, 0.15) is 25.1 Å². The van der Waals surface area contributed by atoms with Gasteiger partial charge in [-0.25, -0.2) is 28.1 Å². The fraction of sp³-hybridized carbons (Fsp3) is 0.200. The Morgan fingerprint density at radius 1 is 1.21 bits per heavy atom. The highest BCUT2D eigenvalue weighted by Crippen LogP contribution is 2.35. The number of rotatable bonds is 5. The van der Waals surface area contributed by atoms with Gasteiger partial charge in [0.1, 0.15) is 22.3 Å². The Morgan fingerprint density at radius 3 is 2.45 bits per heavy atom. The van der Waals surface area contributed by atoms with E-state index in [1.165, 1.54) is 12.4 Å². The van der Waals surface area contributed by atoms with Gasteiger partial charge in [0.25, 0.3) is 0 Å². The summed E-state index contributed by atoms with van der Waals surface area (Å²) in [6, 6.07) is 5.67. The van der Waals surface area contributed by atoms with Gasteiger partial charge in [-0.2, -0.15) is 5.26 Å². The lowest BCUT2D eigenvalue weighted by Gasteiger charge is -2.14. The summed E-state index contributed by atoms with van der Waals surface area (Å²) in [5, 5.41) is 10.5. The maximum atomic E-state index is 12.3. The van der Waals surface area contributed by atoms with Gasteiger partial charge in [-0.05, 0) is 45.1 Å². The van der Waals surface area contributed by atoms with Gasteiger partial charge in [0.15, 0.2) is 5.82 Å². The number of hydrogen-bond donors (Lipinski definition) is 1. The highest BCUT2D eigenvalue weighted by atomic mass is 32.2. The number of aryl methyl sites for hydroxylation is 1. The van der Waals surface area contributed by atoms with Crippen LogP contribution < -0.4 is 4.72 Å². The normalized spacial score (nSPS) is 13.4. The molecule has 0 aliphatic heterocycles. The molecule has 0 bridgehead atoms. The van der Waals surface area contributed by atoms with E-state index in [-0.39, 0.29) is 16.8 Å². The number of nitriles is 1. The molecule has 3 aromatic rings. The fourth-order valence-corrected chi connectivity index (χ4v) is 4.26. The van der Waals surface area contributed by atoms with Crippen molar-refractivity contribution in [3.63, 3.8) is 0 Å². The number of allylic oxidation sites excluding steroid dienone is 4. The maximum absolute atomic E-state index is 12.3. The molecule has 9 heteroatoms. The zero-order valence-corrected chi connectivity index (χ0v) is 16.9. The van der Waals surface area contributed by atoms with Crippen molar-refractivity contribution in [3.05, 3.63) is 54.0 Å². The van der Waals surface area contributed by atoms with Crippen molar-refractivity contribution < 1.29 is 8.42 Å². The Kier molecular flexibility index (Phi) is 4.53. The molecule has 0 spiro atoms. The topological polar surface area (TPSA) is 114 Å². The Hall–Kier alpha value is -3.35. The van der Waals surface area contributed by atoms with E-state index in [9.17, 15) is 13.7 Å². The number of hydrogen-bond acceptors (Lipinski definition) is 6. The number of pyridine rings is 1. The number of nitrogens with one attached hydrogen (secondary N) is 1. The van der Waals surface area contributed by atoms with Crippen molar-refractivity contribution in [3.8, 4) is 17.6 Å². The van der Waals surface area contributed by atoms with E-state index in [1.807, 2.05) is 41.9 Å². The van der Waals surface area contributed by atoms with Crippen LogP contribution in [0.15, 0.2) is 47.6 Å². The third-order valence-electron chi connectivity index (χ3n) is 4.40. The van der Waals surface area contributed by atoms with Gasteiger partial charge in [0, 0.05) is 22.8 Å². The van der Waals surface area contributed by atoms with Crippen LogP contribution in [0, 0.1) is 18.3 Å².